The minimum absolute atomic E-state index is 0.0713. The van der Waals surface area contributed by atoms with E-state index in [0.717, 1.165) is 32.1 Å². The number of carbonyl (C=O) groups is 1. The van der Waals surface area contributed by atoms with Gasteiger partial charge in [0.15, 0.2) is 0 Å². The predicted octanol–water partition coefficient (Wildman–Crippen LogP) is 1.51. The van der Waals surface area contributed by atoms with E-state index >= 15 is 0 Å². The van der Waals surface area contributed by atoms with Gasteiger partial charge in [-0.3, -0.25) is 4.79 Å². The summed E-state index contributed by atoms with van der Waals surface area (Å²) in [7, 11) is 0. The molecular formula is C15H28N2O2. The molecule has 0 radical (unpaired) electrons. The summed E-state index contributed by atoms with van der Waals surface area (Å²) in [6.45, 7) is 5.45. The molecule has 0 aromatic rings. The molecule has 0 aromatic heterocycles. The first-order valence-electron chi connectivity index (χ1n) is 7.74. The topological polar surface area (TPSA) is 66.6 Å². The summed E-state index contributed by atoms with van der Waals surface area (Å²) in [5.74, 6) is 0.546. The van der Waals surface area contributed by atoms with Crippen molar-refractivity contribution in [3.8, 4) is 0 Å². The lowest BCUT2D eigenvalue weighted by molar-refractivity contribution is -0.145. The second-order valence-electron chi connectivity index (χ2n) is 6.49. The first-order chi connectivity index (χ1) is 8.98. The molecule has 4 atom stereocenters. The van der Waals surface area contributed by atoms with Crippen molar-refractivity contribution in [2.24, 2.45) is 17.6 Å². The van der Waals surface area contributed by atoms with Crippen molar-refractivity contribution < 1.29 is 9.90 Å². The van der Waals surface area contributed by atoms with Crippen LogP contribution in [0.3, 0.4) is 0 Å². The molecule has 3 N–H and O–H groups in total. The number of piperidine rings is 1. The van der Waals surface area contributed by atoms with E-state index in [9.17, 15) is 9.90 Å². The molecule has 4 heteroatoms. The number of rotatable bonds is 3. The first kappa shape index (κ1) is 14.8. The summed E-state index contributed by atoms with van der Waals surface area (Å²) < 4.78 is 0. The van der Waals surface area contributed by atoms with Gasteiger partial charge in [0, 0.05) is 19.0 Å². The smallest absolute Gasteiger partial charge is 0.239 e. The molecule has 19 heavy (non-hydrogen) atoms. The molecule has 2 unspecified atom stereocenters. The number of aliphatic hydroxyl groups is 1. The van der Waals surface area contributed by atoms with Crippen LogP contribution in [0, 0.1) is 11.8 Å². The minimum atomic E-state index is -0.518. The van der Waals surface area contributed by atoms with Gasteiger partial charge in [0.1, 0.15) is 0 Å². The van der Waals surface area contributed by atoms with Crippen LogP contribution in [0.2, 0.25) is 0 Å². The summed E-state index contributed by atoms with van der Waals surface area (Å²) in [5.41, 5.74) is 5.53. The fourth-order valence-corrected chi connectivity index (χ4v) is 3.48. The molecule has 1 aliphatic heterocycles. The maximum absolute atomic E-state index is 12.4. The van der Waals surface area contributed by atoms with Crippen LogP contribution in [0.25, 0.3) is 0 Å². The zero-order valence-electron chi connectivity index (χ0n) is 12.3. The Labute approximate surface area is 116 Å². The number of carbonyl (C=O) groups excluding carboxylic acids is 1. The first-order valence-corrected chi connectivity index (χ1v) is 7.74. The summed E-state index contributed by atoms with van der Waals surface area (Å²) >= 11 is 0. The van der Waals surface area contributed by atoms with Crippen molar-refractivity contribution in [2.75, 3.05) is 13.1 Å². The third-order valence-electron chi connectivity index (χ3n) is 5.28. The fraction of sp³-hybridized carbons (Fsp3) is 0.933. The monoisotopic (exact) mass is 268 g/mol. The Morgan fingerprint density at radius 3 is 2.89 bits per heavy atom. The molecule has 1 amide bonds. The normalized spacial score (nSPS) is 34.5. The lowest BCUT2D eigenvalue weighted by atomic mass is 9.71. The van der Waals surface area contributed by atoms with Gasteiger partial charge in [-0.2, -0.15) is 0 Å². The molecule has 0 spiro atoms. The van der Waals surface area contributed by atoms with Crippen LogP contribution in [0.15, 0.2) is 0 Å². The van der Waals surface area contributed by atoms with E-state index in [1.54, 1.807) is 0 Å². The Morgan fingerprint density at radius 2 is 2.21 bits per heavy atom. The molecule has 2 fully saturated rings. The van der Waals surface area contributed by atoms with Gasteiger partial charge in [0.25, 0.3) is 0 Å². The number of likely N-dealkylation sites (tertiary alicyclic amines) is 1. The Morgan fingerprint density at radius 1 is 1.47 bits per heavy atom. The zero-order valence-corrected chi connectivity index (χ0v) is 12.3. The van der Waals surface area contributed by atoms with Crippen LogP contribution in [0.5, 0.6) is 0 Å². The number of nitrogens with two attached hydrogens (primary N) is 1. The molecule has 1 saturated heterocycles. The van der Waals surface area contributed by atoms with E-state index in [0.29, 0.717) is 13.1 Å². The Balaban J connectivity index is 1.98. The highest BCUT2D eigenvalue weighted by Crippen LogP contribution is 2.39. The molecule has 2 aliphatic rings. The van der Waals surface area contributed by atoms with Crippen molar-refractivity contribution in [3.05, 3.63) is 0 Å². The van der Waals surface area contributed by atoms with E-state index < -0.39 is 5.60 Å². The average Bonchev–Trinajstić information content (AvgIpc) is 2.43. The van der Waals surface area contributed by atoms with Crippen LogP contribution in [-0.2, 0) is 4.79 Å². The van der Waals surface area contributed by atoms with E-state index in [-0.39, 0.29) is 23.8 Å². The Kier molecular flexibility index (Phi) is 4.51. The highest BCUT2D eigenvalue weighted by atomic mass is 16.3. The summed E-state index contributed by atoms with van der Waals surface area (Å²) in [6.07, 6.45) is 5.88. The summed E-state index contributed by atoms with van der Waals surface area (Å²) in [4.78, 5) is 14.3. The van der Waals surface area contributed by atoms with Gasteiger partial charge in [-0.15, -0.1) is 0 Å². The molecule has 1 saturated carbocycles. The van der Waals surface area contributed by atoms with Crippen molar-refractivity contribution >= 4 is 5.91 Å². The van der Waals surface area contributed by atoms with Crippen LogP contribution in [0.1, 0.15) is 52.4 Å². The van der Waals surface area contributed by atoms with Crippen LogP contribution >= 0.6 is 0 Å². The van der Waals surface area contributed by atoms with E-state index in [4.69, 9.17) is 5.73 Å². The summed E-state index contributed by atoms with van der Waals surface area (Å²) in [6, 6.07) is -0.389. The Hall–Kier alpha value is -0.610. The largest absolute Gasteiger partial charge is 0.389 e. The van der Waals surface area contributed by atoms with Gasteiger partial charge in [0.05, 0.1) is 11.6 Å². The molecule has 1 aliphatic carbocycles. The lowest BCUT2D eigenvalue weighted by Gasteiger charge is -2.48. The fourth-order valence-electron chi connectivity index (χ4n) is 3.48. The number of hydrogen-bond donors (Lipinski definition) is 2. The van der Waals surface area contributed by atoms with Gasteiger partial charge >= 0.3 is 0 Å². The van der Waals surface area contributed by atoms with Gasteiger partial charge in [-0.1, -0.05) is 33.1 Å². The number of nitrogens with zero attached hydrogens (tertiary/aromatic N) is 1. The van der Waals surface area contributed by atoms with Crippen molar-refractivity contribution in [1.29, 1.82) is 0 Å². The van der Waals surface area contributed by atoms with Crippen LogP contribution in [-0.4, -0.2) is 40.6 Å². The third kappa shape index (κ3) is 2.95. The van der Waals surface area contributed by atoms with E-state index in [2.05, 4.69) is 6.92 Å². The Bertz CT molecular complexity index is 334. The number of amides is 1. The van der Waals surface area contributed by atoms with E-state index in [1.165, 1.54) is 6.42 Å². The second-order valence-corrected chi connectivity index (χ2v) is 6.49. The van der Waals surface area contributed by atoms with Crippen molar-refractivity contribution in [1.82, 2.24) is 4.90 Å². The summed E-state index contributed by atoms with van der Waals surface area (Å²) in [5, 5.41) is 10.6. The van der Waals surface area contributed by atoms with Crippen molar-refractivity contribution in [2.45, 2.75) is 64.0 Å². The third-order valence-corrected chi connectivity index (χ3v) is 5.28. The molecule has 4 nitrogen and oxygen atoms in total. The highest BCUT2D eigenvalue weighted by Gasteiger charge is 2.44. The van der Waals surface area contributed by atoms with Gasteiger partial charge < -0.3 is 15.7 Å². The lowest BCUT2D eigenvalue weighted by Crippen LogP contribution is -2.58. The van der Waals surface area contributed by atoms with Crippen molar-refractivity contribution in [3.63, 3.8) is 0 Å². The maximum atomic E-state index is 12.4. The molecular weight excluding hydrogens is 240 g/mol. The van der Waals surface area contributed by atoms with Gasteiger partial charge in [0.2, 0.25) is 5.91 Å². The number of fused-ring (bicyclic) bond motifs is 1. The highest BCUT2D eigenvalue weighted by molar-refractivity contribution is 5.82. The quantitative estimate of drug-likeness (QED) is 0.815. The van der Waals surface area contributed by atoms with Gasteiger partial charge in [-0.05, 0) is 25.2 Å². The zero-order chi connectivity index (χ0) is 14.0. The molecule has 0 bridgehead atoms. The standard InChI is InChI=1S/C15H28N2O2/c1-3-11(2)13(16)14(18)17-9-8-15(19)7-5-4-6-12(15)10-17/h11-13,19H,3-10,16H2,1-2H3/t11-,12?,13-,15?/m0/s1. The second kappa shape index (κ2) is 5.80. The molecule has 2 rings (SSSR count). The predicted molar refractivity (Wildman–Crippen MR) is 75.5 cm³/mol. The minimum Gasteiger partial charge on any atom is -0.389 e. The SMILES string of the molecule is CC[C@H](C)[C@H](N)C(=O)N1CCC2(O)CCCCC2C1. The molecule has 0 aromatic carbocycles. The van der Waals surface area contributed by atoms with E-state index in [1.807, 2.05) is 11.8 Å². The van der Waals surface area contributed by atoms with Gasteiger partial charge in [-0.25, -0.2) is 0 Å². The maximum Gasteiger partial charge on any atom is 0.239 e. The average molecular weight is 268 g/mol. The molecule has 1 heterocycles. The number of hydrogen-bond acceptors (Lipinski definition) is 3. The molecule has 110 valence electrons. The van der Waals surface area contributed by atoms with Crippen LogP contribution < -0.4 is 5.73 Å². The van der Waals surface area contributed by atoms with Crippen LogP contribution in [0.4, 0.5) is 0 Å².